The van der Waals surface area contributed by atoms with E-state index in [9.17, 15) is 0 Å². The van der Waals surface area contributed by atoms with Crippen LogP contribution in [0.3, 0.4) is 0 Å². The van der Waals surface area contributed by atoms with Gasteiger partial charge in [0.15, 0.2) is 0 Å². The van der Waals surface area contributed by atoms with Gasteiger partial charge < -0.3 is 5.73 Å². The van der Waals surface area contributed by atoms with Gasteiger partial charge in [-0.15, -0.1) is 11.8 Å². The summed E-state index contributed by atoms with van der Waals surface area (Å²) >= 11 is 1.78. The molecule has 0 fully saturated rings. The monoisotopic (exact) mass is 179 g/mol. The normalized spacial score (nSPS) is 21.0. The largest absolute Gasteiger partial charge is 0.324 e. The third-order valence-corrected chi connectivity index (χ3v) is 3.20. The minimum atomic E-state index is 0.284. The van der Waals surface area contributed by atoms with Gasteiger partial charge in [-0.3, -0.25) is 0 Å². The fourth-order valence-electron chi connectivity index (χ4n) is 1.74. The first-order valence-electron chi connectivity index (χ1n) is 4.23. The Balaban J connectivity index is 2.43. The Morgan fingerprint density at radius 2 is 2.33 bits per heavy atom. The second-order valence-electron chi connectivity index (χ2n) is 3.21. The molecule has 12 heavy (non-hydrogen) atoms. The minimum absolute atomic E-state index is 0.284. The molecule has 1 nitrogen and oxygen atoms in total. The molecular weight excluding hydrogens is 166 g/mol. The van der Waals surface area contributed by atoms with Crippen LogP contribution in [0.15, 0.2) is 23.1 Å². The molecule has 64 valence electrons. The molecule has 2 heteroatoms. The van der Waals surface area contributed by atoms with E-state index in [1.54, 1.807) is 11.8 Å². The van der Waals surface area contributed by atoms with E-state index in [-0.39, 0.29) is 6.04 Å². The molecule has 0 heterocycles. The smallest absolute Gasteiger partial charge is 0.0301 e. The standard InChI is InChI=1S/C10H13NS/c1-12-8-4-2-7-3-5-10(11)9(7)6-8/h2,4,6,10H,3,5,11H2,1H3/t10-/m0/s1. The van der Waals surface area contributed by atoms with Crippen LogP contribution in [0.5, 0.6) is 0 Å². The first-order chi connectivity index (χ1) is 5.81. The van der Waals surface area contributed by atoms with Crippen LogP contribution >= 0.6 is 11.8 Å². The van der Waals surface area contributed by atoms with Crippen LogP contribution < -0.4 is 5.73 Å². The summed E-state index contributed by atoms with van der Waals surface area (Å²) in [6, 6.07) is 6.92. The number of aryl methyl sites for hydroxylation is 1. The number of benzene rings is 1. The number of hydrogen-bond donors (Lipinski definition) is 1. The second kappa shape index (κ2) is 3.11. The van der Waals surface area contributed by atoms with Gasteiger partial charge in [0.1, 0.15) is 0 Å². The average molecular weight is 179 g/mol. The Morgan fingerprint density at radius 1 is 1.50 bits per heavy atom. The fourth-order valence-corrected chi connectivity index (χ4v) is 2.19. The predicted octanol–water partition coefficient (Wildman–Crippen LogP) is 2.35. The lowest BCUT2D eigenvalue weighted by molar-refractivity contribution is 0.712. The van der Waals surface area contributed by atoms with E-state index >= 15 is 0 Å². The van der Waals surface area contributed by atoms with E-state index in [4.69, 9.17) is 5.73 Å². The molecule has 2 N–H and O–H groups in total. The molecule has 0 amide bonds. The highest BCUT2D eigenvalue weighted by Gasteiger charge is 2.18. The van der Waals surface area contributed by atoms with Gasteiger partial charge in [0, 0.05) is 10.9 Å². The summed E-state index contributed by atoms with van der Waals surface area (Å²) in [4.78, 5) is 1.33. The molecular formula is C10H13NS. The molecule has 1 aliphatic rings. The third-order valence-electron chi connectivity index (χ3n) is 2.48. The van der Waals surface area contributed by atoms with Crippen molar-refractivity contribution in [3.05, 3.63) is 29.3 Å². The van der Waals surface area contributed by atoms with Crippen molar-refractivity contribution >= 4 is 11.8 Å². The van der Waals surface area contributed by atoms with Gasteiger partial charge in [0.05, 0.1) is 0 Å². The van der Waals surface area contributed by atoms with Crippen molar-refractivity contribution in [1.82, 2.24) is 0 Å². The highest BCUT2D eigenvalue weighted by molar-refractivity contribution is 7.98. The van der Waals surface area contributed by atoms with Gasteiger partial charge in [0.2, 0.25) is 0 Å². The molecule has 1 aromatic carbocycles. The summed E-state index contributed by atoms with van der Waals surface area (Å²) in [5, 5.41) is 0. The van der Waals surface area contributed by atoms with Crippen molar-refractivity contribution in [3.8, 4) is 0 Å². The lowest BCUT2D eigenvalue weighted by atomic mass is 10.1. The molecule has 1 aliphatic carbocycles. The highest BCUT2D eigenvalue weighted by atomic mass is 32.2. The highest BCUT2D eigenvalue weighted by Crippen LogP contribution is 2.31. The van der Waals surface area contributed by atoms with Crippen LogP contribution in [-0.2, 0) is 6.42 Å². The van der Waals surface area contributed by atoms with Crippen LogP contribution in [0.1, 0.15) is 23.6 Å². The molecule has 2 rings (SSSR count). The molecule has 0 saturated heterocycles. The summed E-state index contributed by atoms with van der Waals surface area (Å²) < 4.78 is 0. The molecule has 0 aliphatic heterocycles. The quantitative estimate of drug-likeness (QED) is 0.670. The maximum Gasteiger partial charge on any atom is 0.0301 e. The van der Waals surface area contributed by atoms with Crippen molar-refractivity contribution in [2.75, 3.05) is 6.26 Å². The third kappa shape index (κ3) is 1.25. The van der Waals surface area contributed by atoms with Gasteiger partial charge in [-0.1, -0.05) is 6.07 Å². The summed E-state index contributed by atoms with van der Waals surface area (Å²) in [5.74, 6) is 0. The number of fused-ring (bicyclic) bond motifs is 1. The van der Waals surface area contributed by atoms with Crippen molar-refractivity contribution in [2.45, 2.75) is 23.8 Å². The van der Waals surface area contributed by atoms with E-state index in [2.05, 4.69) is 24.5 Å². The Hall–Kier alpha value is -0.470. The maximum absolute atomic E-state index is 5.96. The van der Waals surface area contributed by atoms with Gasteiger partial charge in [-0.2, -0.15) is 0 Å². The predicted molar refractivity (Wildman–Crippen MR) is 53.5 cm³/mol. The zero-order chi connectivity index (χ0) is 8.55. The van der Waals surface area contributed by atoms with Gasteiger partial charge >= 0.3 is 0 Å². The molecule has 0 bridgehead atoms. The molecule has 0 saturated carbocycles. The Morgan fingerprint density at radius 3 is 3.08 bits per heavy atom. The van der Waals surface area contributed by atoms with Crippen LogP contribution in [0.25, 0.3) is 0 Å². The van der Waals surface area contributed by atoms with E-state index in [1.807, 2.05) is 0 Å². The Kier molecular flexibility index (Phi) is 2.11. The Bertz CT molecular complexity index is 296. The first-order valence-corrected chi connectivity index (χ1v) is 5.46. The lowest BCUT2D eigenvalue weighted by Gasteiger charge is -2.05. The molecule has 0 unspecified atom stereocenters. The molecule has 0 radical (unpaired) electrons. The summed E-state index contributed by atoms with van der Waals surface area (Å²) in [7, 11) is 0. The van der Waals surface area contributed by atoms with Crippen LogP contribution in [0, 0.1) is 0 Å². The molecule has 1 aromatic rings. The summed E-state index contributed by atoms with van der Waals surface area (Å²) in [6.45, 7) is 0. The van der Waals surface area contributed by atoms with Crippen molar-refractivity contribution in [3.63, 3.8) is 0 Å². The van der Waals surface area contributed by atoms with Gasteiger partial charge in [0.25, 0.3) is 0 Å². The van der Waals surface area contributed by atoms with E-state index < -0.39 is 0 Å². The van der Waals surface area contributed by atoms with Crippen molar-refractivity contribution in [1.29, 1.82) is 0 Å². The SMILES string of the molecule is CSc1ccc2c(c1)[C@@H](N)CC2. The topological polar surface area (TPSA) is 26.0 Å². The van der Waals surface area contributed by atoms with E-state index in [0.29, 0.717) is 0 Å². The fraction of sp³-hybridized carbons (Fsp3) is 0.400. The minimum Gasteiger partial charge on any atom is -0.324 e. The summed E-state index contributed by atoms with van der Waals surface area (Å²) in [6.07, 6.45) is 4.38. The van der Waals surface area contributed by atoms with Gasteiger partial charge in [-0.25, -0.2) is 0 Å². The first kappa shape index (κ1) is 8.14. The van der Waals surface area contributed by atoms with Crippen molar-refractivity contribution in [2.24, 2.45) is 5.73 Å². The maximum atomic E-state index is 5.96. The van der Waals surface area contributed by atoms with Gasteiger partial charge in [-0.05, 0) is 42.4 Å². The average Bonchev–Trinajstić information content (AvgIpc) is 2.47. The zero-order valence-electron chi connectivity index (χ0n) is 7.21. The Labute approximate surface area is 77.3 Å². The van der Waals surface area contributed by atoms with Crippen LogP contribution in [-0.4, -0.2) is 6.26 Å². The number of hydrogen-bond acceptors (Lipinski definition) is 2. The zero-order valence-corrected chi connectivity index (χ0v) is 8.03. The van der Waals surface area contributed by atoms with E-state index in [1.165, 1.54) is 16.0 Å². The summed E-state index contributed by atoms with van der Waals surface area (Å²) in [5.41, 5.74) is 8.77. The van der Waals surface area contributed by atoms with Crippen LogP contribution in [0.2, 0.25) is 0 Å². The van der Waals surface area contributed by atoms with E-state index in [0.717, 1.165) is 12.8 Å². The second-order valence-corrected chi connectivity index (χ2v) is 4.09. The van der Waals surface area contributed by atoms with Crippen molar-refractivity contribution < 1.29 is 0 Å². The number of rotatable bonds is 1. The number of thioether (sulfide) groups is 1. The lowest BCUT2D eigenvalue weighted by Crippen LogP contribution is -2.04. The molecule has 0 aromatic heterocycles. The molecule has 1 atom stereocenters. The number of nitrogens with two attached hydrogens (primary N) is 1. The van der Waals surface area contributed by atoms with Crippen LogP contribution in [0.4, 0.5) is 0 Å². The molecule has 0 spiro atoms.